The zero-order valence-corrected chi connectivity index (χ0v) is 12.6. The first-order valence-electron chi connectivity index (χ1n) is 7.49. The van der Waals surface area contributed by atoms with Crippen molar-refractivity contribution in [1.82, 2.24) is 14.8 Å². The molecule has 3 rings (SSSR count). The predicted molar refractivity (Wildman–Crippen MR) is 82.5 cm³/mol. The first-order valence-corrected chi connectivity index (χ1v) is 7.49. The van der Waals surface area contributed by atoms with Gasteiger partial charge in [-0.25, -0.2) is 4.39 Å². The summed E-state index contributed by atoms with van der Waals surface area (Å²) < 4.78 is 20.7. The lowest BCUT2D eigenvalue weighted by Crippen LogP contribution is -2.41. The Morgan fingerprint density at radius 1 is 1.36 bits per heavy atom. The van der Waals surface area contributed by atoms with Crippen molar-refractivity contribution in [3.63, 3.8) is 0 Å². The van der Waals surface area contributed by atoms with Gasteiger partial charge in [-0.1, -0.05) is 12.1 Å². The van der Waals surface area contributed by atoms with Gasteiger partial charge in [-0.2, -0.15) is 0 Å². The number of morpholine rings is 1. The second kappa shape index (κ2) is 6.46. The van der Waals surface area contributed by atoms with Crippen molar-refractivity contribution < 1.29 is 13.9 Å². The fraction of sp³-hybridized carbons (Fsp3) is 0.438. The summed E-state index contributed by atoms with van der Waals surface area (Å²) in [6.07, 6.45) is 0. The van der Waals surface area contributed by atoms with Gasteiger partial charge in [-0.15, -0.1) is 0 Å². The molecular formula is C16H20FN3O2. The highest BCUT2D eigenvalue weighted by molar-refractivity contribution is 5.98. The van der Waals surface area contributed by atoms with Gasteiger partial charge in [0, 0.05) is 38.6 Å². The summed E-state index contributed by atoms with van der Waals surface area (Å²) in [6.45, 7) is 4.66. The topological polar surface area (TPSA) is 46.5 Å². The van der Waals surface area contributed by atoms with E-state index in [1.807, 2.05) is 6.07 Å². The molecule has 0 bridgehead atoms. The molecule has 0 unspecified atom stereocenters. The maximum absolute atomic E-state index is 13.8. The molecule has 1 aromatic heterocycles. The third-order valence-electron chi connectivity index (χ3n) is 4.06. The average molecular weight is 305 g/mol. The van der Waals surface area contributed by atoms with Gasteiger partial charge in [0.15, 0.2) is 0 Å². The van der Waals surface area contributed by atoms with E-state index in [1.54, 1.807) is 23.7 Å². The number of halogens is 1. The average Bonchev–Trinajstić information content (AvgIpc) is 2.87. The molecule has 118 valence electrons. The Morgan fingerprint density at radius 2 is 2.14 bits per heavy atom. The highest BCUT2D eigenvalue weighted by Crippen LogP contribution is 2.21. The molecule has 0 aliphatic carbocycles. The molecule has 5 nitrogen and oxygen atoms in total. The van der Waals surface area contributed by atoms with Crippen LogP contribution in [-0.4, -0.2) is 54.8 Å². The van der Waals surface area contributed by atoms with E-state index < -0.39 is 0 Å². The quantitative estimate of drug-likeness (QED) is 0.928. The second-order valence-corrected chi connectivity index (χ2v) is 5.48. The fourth-order valence-electron chi connectivity index (χ4n) is 2.83. The summed E-state index contributed by atoms with van der Waals surface area (Å²) in [5, 5.41) is 3.64. The molecule has 22 heavy (non-hydrogen) atoms. The van der Waals surface area contributed by atoms with Crippen LogP contribution in [0.15, 0.2) is 24.3 Å². The first kappa shape index (κ1) is 15.0. The first-order chi connectivity index (χ1) is 10.7. The monoisotopic (exact) mass is 305 g/mol. The van der Waals surface area contributed by atoms with E-state index in [2.05, 4.69) is 10.2 Å². The van der Waals surface area contributed by atoms with Gasteiger partial charge in [-0.05, 0) is 12.1 Å². The Balaban J connectivity index is 1.65. The zero-order valence-electron chi connectivity index (χ0n) is 12.6. The summed E-state index contributed by atoms with van der Waals surface area (Å²) in [4.78, 5) is 14.5. The Bertz CT molecular complexity index is 677. The molecule has 1 aliphatic rings. The van der Waals surface area contributed by atoms with Gasteiger partial charge < -0.3 is 14.6 Å². The molecule has 1 N–H and O–H groups in total. The van der Waals surface area contributed by atoms with E-state index in [0.29, 0.717) is 17.8 Å². The van der Waals surface area contributed by atoms with Crippen LogP contribution in [0.4, 0.5) is 4.39 Å². The molecule has 1 saturated heterocycles. The smallest absolute Gasteiger partial charge is 0.267 e. The predicted octanol–water partition coefficient (Wildman–Crippen LogP) is 1.38. The van der Waals surface area contributed by atoms with Crippen molar-refractivity contribution in [3.8, 4) is 0 Å². The number of rotatable bonds is 4. The normalized spacial score (nSPS) is 16.1. The van der Waals surface area contributed by atoms with Crippen LogP contribution in [0.2, 0.25) is 0 Å². The third kappa shape index (κ3) is 2.98. The van der Waals surface area contributed by atoms with E-state index >= 15 is 0 Å². The van der Waals surface area contributed by atoms with Crippen molar-refractivity contribution >= 4 is 16.8 Å². The number of nitrogens with zero attached hydrogens (tertiary/aromatic N) is 2. The minimum absolute atomic E-state index is 0.175. The SMILES string of the molecule is Cn1c(C(=O)NCCN2CCOCC2)cc2cccc(F)c21. The van der Waals surface area contributed by atoms with Crippen molar-refractivity contribution in [2.75, 3.05) is 39.4 Å². The van der Waals surface area contributed by atoms with Gasteiger partial charge in [0.1, 0.15) is 11.5 Å². The summed E-state index contributed by atoms with van der Waals surface area (Å²) in [6, 6.07) is 6.59. The van der Waals surface area contributed by atoms with Gasteiger partial charge in [0.2, 0.25) is 0 Å². The van der Waals surface area contributed by atoms with Crippen LogP contribution >= 0.6 is 0 Å². The maximum Gasteiger partial charge on any atom is 0.267 e. The standard InChI is InChI=1S/C16H20FN3O2/c1-19-14(11-12-3-2-4-13(17)15(12)19)16(21)18-5-6-20-7-9-22-10-8-20/h2-4,11H,5-10H2,1H3,(H,18,21). The minimum Gasteiger partial charge on any atom is -0.379 e. The molecule has 6 heteroatoms. The van der Waals surface area contributed by atoms with Crippen LogP contribution in [-0.2, 0) is 11.8 Å². The number of nitrogens with one attached hydrogen (secondary N) is 1. The van der Waals surface area contributed by atoms with E-state index in [4.69, 9.17) is 4.74 Å². The Hall–Kier alpha value is -1.92. The van der Waals surface area contributed by atoms with E-state index in [9.17, 15) is 9.18 Å². The van der Waals surface area contributed by atoms with Crippen LogP contribution in [0.1, 0.15) is 10.5 Å². The van der Waals surface area contributed by atoms with Gasteiger partial charge in [0.05, 0.1) is 18.7 Å². The van der Waals surface area contributed by atoms with Crippen LogP contribution in [0.5, 0.6) is 0 Å². The molecule has 2 aromatic rings. The number of benzene rings is 1. The number of aromatic nitrogens is 1. The highest BCUT2D eigenvalue weighted by atomic mass is 19.1. The van der Waals surface area contributed by atoms with Crippen LogP contribution in [0.3, 0.4) is 0 Å². The number of aryl methyl sites for hydroxylation is 1. The number of para-hydroxylation sites is 1. The molecule has 1 aromatic carbocycles. The maximum atomic E-state index is 13.8. The van der Waals surface area contributed by atoms with Crippen LogP contribution in [0.25, 0.3) is 10.9 Å². The lowest BCUT2D eigenvalue weighted by atomic mass is 10.2. The molecule has 0 radical (unpaired) electrons. The molecular weight excluding hydrogens is 285 g/mol. The minimum atomic E-state index is -0.313. The van der Waals surface area contributed by atoms with Crippen molar-refractivity contribution in [2.45, 2.75) is 0 Å². The largest absolute Gasteiger partial charge is 0.379 e. The molecule has 1 amide bonds. The molecule has 0 atom stereocenters. The number of fused-ring (bicyclic) bond motifs is 1. The number of hydrogen-bond donors (Lipinski definition) is 1. The fourth-order valence-corrected chi connectivity index (χ4v) is 2.83. The Labute approximate surface area is 128 Å². The molecule has 2 heterocycles. The number of carbonyl (C=O) groups is 1. The van der Waals surface area contributed by atoms with Crippen molar-refractivity contribution in [2.24, 2.45) is 7.05 Å². The van der Waals surface area contributed by atoms with Crippen LogP contribution < -0.4 is 5.32 Å². The molecule has 0 saturated carbocycles. The highest BCUT2D eigenvalue weighted by Gasteiger charge is 2.16. The lowest BCUT2D eigenvalue weighted by Gasteiger charge is -2.26. The summed E-state index contributed by atoms with van der Waals surface area (Å²) >= 11 is 0. The summed E-state index contributed by atoms with van der Waals surface area (Å²) in [7, 11) is 1.71. The zero-order chi connectivity index (χ0) is 15.5. The Morgan fingerprint density at radius 3 is 2.86 bits per heavy atom. The van der Waals surface area contributed by atoms with Gasteiger partial charge >= 0.3 is 0 Å². The van der Waals surface area contributed by atoms with E-state index in [-0.39, 0.29) is 11.7 Å². The van der Waals surface area contributed by atoms with E-state index in [0.717, 1.165) is 38.2 Å². The Kier molecular flexibility index (Phi) is 4.40. The summed E-state index contributed by atoms with van der Waals surface area (Å²) in [5.41, 5.74) is 0.933. The molecule has 1 aliphatic heterocycles. The molecule has 0 spiro atoms. The number of hydrogen-bond acceptors (Lipinski definition) is 3. The van der Waals surface area contributed by atoms with Crippen molar-refractivity contribution in [3.05, 3.63) is 35.8 Å². The van der Waals surface area contributed by atoms with Gasteiger partial charge in [-0.3, -0.25) is 9.69 Å². The summed E-state index contributed by atoms with van der Waals surface area (Å²) in [5.74, 6) is -0.487. The molecule has 1 fully saturated rings. The van der Waals surface area contributed by atoms with Gasteiger partial charge in [0.25, 0.3) is 5.91 Å². The number of amides is 1. The lowest BCUT2D eigenvalue weighted by molar-refractivity contribution is 0.0383. The van der Waals surface area contributed by atoms with Crippen molar-refractivity contribution in [1.29, 1.82) is 0 Å². The van der Waals surface area contributed by atoms with E-state index in [1.165, 1.54) is 6.07 Å². The number of carbonyl (C=O) groups excluding carboxylic acids is 1. The third-order valence-corrected chi connectivity index (χ3v) is 4.06. The number of ether oxygens (including phenoxy) is 1. The van der Waals surface area contributed by atoms with Crippen LogP contribution in [0, 0.1) is 5.82 Å². The second-order valence-electron chi connectivity index (χ2n) is 5.48.